The van der Waals surface area contributed by atoms with E-state index in [1.807, 2.05) is 13.8 Å². The second-order valence-electron chi connectivity index (χ2n) is 4.56. The number of ether oxygens (including phenoxy) is 1. The first-order chi connectivity index (χ1) is 8.29. The van der Waals surface area contributed by atoms with E-state index in [9.17, 15) is 13.2 Å². The van der Waals surface area contributed by atoms with Crippen molar-refractivity contribution in [3.63, 3.8) is 0 Å². The molecule has 0 saturated carbocycles. The molecule has 1 aromatic rings. The smallest absolute Gasteiger partial charge is 0.379 e. The summed E-state index contributed by atoms with van der Waals surface area (Å²) in [6.07, 6.45) is -4.85. The maximum absolute atomic E-state index is 12.9. The molecular weight excluding hydrogens is 243 g/mol. The van der Waals surface area contributed by atoms with Crippen molar-refractivity contribution in [3.05, 3.63) is 35.4 Å². The molecule has 1 aromatic carbocycles. The Morgan fingerprint density at radius 1 is 1.17 bits per heavy atom. The average Bonchev–Trinajstić information content (AvgIpc) is 2.28. The maximum atomic E-state index is 12.9. The quantitative estimate of drug-likeness (QED) is 0.901. The van der Waals surface area contributed by atoms with Gasteiger partial charge in [0.05, 0.1) is 17.7 Å². The number of nitrogens with two attached hydrogens (primary N) is 1. The van der Waals surface area contributed by atoms with Gasteiger partial charge in [-0.2, -0.15) is 13.2 Å². The lowest BCUT2D eigenvalue weighted by Gasteiger charge is -2.28. The van der Waals surface area contributed by atoms with Gasteiger partial charge in [0, 0.05) is 7.11 Å². The van der Waals surface area contributed by atoms with Crippen molar-refractivity contribution in [2.75, 3.05) is 7.11 Å². The van der Waals surface area contributed by atoms with Gasteiger partial charge in [0.25, 0.3) is 0 Å². The first-order valence-electron chi connectivity index (χ1n) is 5.73. The molecule has 0 aromatic heterocycles. The van der Waals surface area contributed by atoms with Gasteiger partial charge in [0.1, 0.15) is 0 Å². The second kappa shape index (κ2) is 5.71. The van der Waals surface area contributed by atoms with Gasteiger partial charge in [-0.25, -0.2) is 0 Å². The van der Waals surface area contributed by atoms with Crippen molar-refractivity contribution in [2.45, 2.75) is 32.2 Å². The lowest BCUT2D eigenvalue weighted by molar-refractivity contribution is -0.138. The fourth-order valence-electron chi connectivity index (χ4n) is 2.06. The molecule has 0 radical (unpaired) electrons. The van der Waals surface area contributed by atoms with E-state index in [1.54, 1.807) is 6.07 Å². The lowest BCUT2D eigenvalue weighted by Crippen LogP contribution is -2.33. The molecule has 1 rings (SSSR count). The van der Waals surface area contributed by atoms with Gasteiger partial charge in [-0.05, 0) is 17.5 Å². The Bertz CT molecular complexity index is 390. The Balaban J connectivity index is 3.17. The predicted molar refractivity (Wildman–Crippen MR) is 64.0 cm³/mol. The second-order valence-corrected chi connectivity index (χ2v) is 4.56. The Kier molecular flexibility index (Phi) is 4.76. The molecule has 18 heavy (non-hydrogen) atoms. The number of halogens is 3. The monoisotopic (exact) mass is 261 g/mol. The molecule has 0 spiro atoms. The third-order valence-electron chi connectivity index (χ3n) is 2.91. The summed E-state index contributed by atoms with van der Waals surface area (Å²) in [5, 5.41) is 0. The standard InChI is InChI=1S/C13H18F3NO/c1-8(2)12(18-3)11(17)9-6-4-5-7-10(9)13(14,15)16/h4-8,11-12H,17H2,1-3H3. The highest BCUT2D eigenvalue weighted by Gasteiger charge is 2.36. The molecule has 0 aliphatic heterocycles. The van der Waals surface area contributed by atoms with Crippen LogP contribution in [0.4, 0.5) is 13.2 Å². The van der Waals surface area contributed by atoms with Gasteiger partial charge in [-0.1, -0.05) is 32.0 Å². The van der Waals surface area contributed by atoms with Crippen molar-refractivity contribution in [1.29, 1.82) is 0 Å². The van der Waals surface area contributed by atoms with Crippen LogP contribution in [-0.4, -0.2) is 13.2 Å². The molecule has 0 aliphatic rings. The molecule has 5 heteroatoms. The van der Waals surface area contributed by atoms with E-state index in [0.29, 0.717) is 0 Å². The van der Waals surface area contributed by atoms with Crippen LogP contribution in [0.25, 0.3) is 0 Å². The van der Waals surface area contributed by atoms with E-state index in [1.165, 1.54) is 19.2 Å². The number of alkyl halides is 3. The fourth-order valence-corrected chi connectivity index (χ4v) is 2.06. The summed E-state index contributed by atoms with van der Waals surface area (Å²) in [6.45, 7) is 3.73. The first kappa shape index (κ1) is 15.0. The molecule has 2 N–H and O–H groups in total. The zero-order valence-corrected chi connectivity index (χ0v) is 10.7. The number of hydrogen-bond acceptors (Lipinski definition) is 2. The predicted octanol–water partition coefficient (Wildman–Crippen LogP) is 3.38. The largest absolute Gasteiger partial charge is 0.416 e. The van der Waals surface area contributed by atoms with Gasteiger partial charge < -0.3 is 10.5 Å². The molecular formula is C13H18F3NO. The molecule has 102 valence electrons. The van der Waals surface area contributed by atoms with Crippen LogP contribution in [-0.2, 0) is 10.9 Å². The molecule has 0 heterocycles. The van der Waals surface area contributed by atoms with Crippen LogP contribution in [0.2, 0.25) is 0 Å². The molecule has 0 aliphatic carbocycles. The zero-order chi connectivity index (χ0) is 13.9. The topological polar surface area (TPSA) is 35.2 Å². The van der Waals surface area contributed by atoms with Crippen LogP contribution < -0.4 is 5.73 Å². The normalized spacial score (nSPS) is 15.8. The Morgan fingerprint density at radius 3 is 2.17 bits per heavy atom. The average molecular weight is 261 g/mol. The highest BCUT2D eigenvalue weighted by molar-refractivity contribution is 5.33. The van der Waals surface area contributed by atoms with Crippen LogP contribution in [0.15, 0.2) is 24.3 Å². The van der Waals surface area contributed by atoms with E-state index >= 15 is 0 Å². The molecule has 0 fully saturated rings. The summed E-state index contributed by atoms with van der Waals surface area (Å²) in [6, 6.07) is 4.56. The number of benzene rings is 1. The van der Waals surface area contributed by atoms with E-state index < -0.39 is 23.9 Å². The molecule has 2 atom stereocenters. The molecule has 2 unspecified atom stereocenters. The lowest BCUT2D eigenvalue weighted by atomic mass is 9.91. The summed E-state index contributed by atoms with van der Waals surface area (Å²) in [7, 11) is 1.46. The summed E-state index contributed by atoms with van der Waals surface area (Å²) >= 11 is 0. The van der Waals surface area contributed by atoms with Crippen LogP contribution in [0, 0.1) is 5.92 Å². The summed E-state index contributed by atoms with van der Waals surface area (Å²) < 4.78 is 43.8. The summed E-state index contributed by atoms with van der Waals surface area (Å²) in [5.74, 6) is 0.0336. The van der Waals surface area contributed by atoms with E-state index in [2.05, 4.69) is 0 Å². The third-order valence-corrected chi connectivity index (χ3v) is 2.91. The highest BCUT2D eigenvalue weighted by atomic mass is 19.4. The SMILES string of the molecule is COC(C(C)C)C(N)c1ccccc1C(F)(F)F. The molecule has 0 amide bonds. The van der Waals surface area contributed by atoms with Crippen LogP contribution in [0.5, 0.6) is 0 Å². The van der Waals surface area contributed by atoms with Crippen molar-refractivity contribution < 1.29 is 17.9 Å². The number of rotatable bonds is 4. The van der Waals surface area contributed by atoms with Crippen molar-refractivity contribution in [1.82, 2.24) is 0 Å². The minimum absolute atomic E-state index is 0.0336. The molecule has 0 bridgehead atoms. The van der Waals surface area contributed by atoms with Crippen molar-refractivity contribution >= 4 is 0 Å². The molecule has 2 nitrogen and oxygen atoms in total. The van der Waals surface area contributed by atoms with Crippen LogP contribution in [0.3, 0.4) is 0 Å². The van der Waals surface area contributed by atoms with Crippen molar-refractivity contribution in [3.8, 4) is 0 Å². The summed E-state index contributed by atoms with van der Waals surface area (Å²) in [4.78, 5) is 0. The first-order valence-corrected chi connectivity index (χ1v) is 5.73. The Morgan fingerprint density at radius 2 is 1.72 bits per heavy atom. The van der Waals surface area contributed by atoms with E-state index in [-0.39, 0.29) is 11.5 Å². The Labute approximate surface area is 105 Å². The number of hydrogen-bond donors (Lipinski definition) is 1. The Hall–Kier alpha value is -1.07. The van der Waals surface area contributed by atoms with Crippen molar-refractivity contribution in [2.24, 2.45) is 11.7 Å². The van der Waals surface area contributed by atoms with Gasteiger partial charge >= 0.3 is 6.18 Å². The van der Waals surface area contributed by atoms with E-state index in [4.69, 9.17) is 10.5 Å². The summed E-state index contributed by atoms with van der Waals surface area (Å²) in [5.41, 5.74) is 5.30. The van der Waals surface area contributed by atoms with Gasteiger partial charge in [0.15, 0.2) is 0 Å². The van der Waals surface area contributed by atoms with Crippen LogP contribution in [0.1, 0.15) is 31.0 Å². The fraction of sp³-hybridized carbons (Fsp3) is 0.538. The minimum Gasteiger partial charge on any atom is -0.379 e. The van der Waals surface area contributed by atoms with Gasteiger partial charge in [-0.3, -0.25) is 0 Å². The maximum Gasteiger partial charge on any atom is 0.416 e. The highest BCUT2D eigenvalue weighted by Crippen LogP contribution is 2.35. The zero-order valence-electron chi connectivity index (χ0n) is 10.7. The number of methoxy groups -OCH3 is 1. The van der Waals surface area contributed by atoms with E-state index in [0.717, 1.165) is 6.07 Å². The molecule has 0 saturated heterocycles. The van der Waals surface area contributed by atoms with Gasteiger partial charge in [-0.15, -0.1) is 0 Å². The minimum atomic E-state index is -4.40. The van der Waals surface area contributed by atoms with Crippen LogP contribution >= 0.6 is 0 Å². The van der Waals surface area contributed by atoms with Gasteiger partial charge in [0.2, 0.25) is 0 Å². The third kappa shape index (κ3) is 3.23.